The van der Waals surface area contributed by atoms with Crippen molar-refractivity contribution in [2.45, 2.75) is 57.8 Å². The number of aliphatic hydroxyl groups is 1. The average Bonchev–Trinajstić information content (AvgIpc) is 3.17. The summed E-state index contributed by atoms with van der Waals surface area (Å²) in [7, 11) is 1.53. The second-order valence-corrected chi connectivity index (χ2v) is 8.29. The SMILES string of the molecule is CN(C(=O)OC(C)(C)C)c1cc(Cl)nc2c(C(=O)NC3CCC(O)C3)cnn12. The van der Waals surface area contributed by atoms with Gasteiger partial charge in [0.1, 0.15) is 22.1 Å². The zero-order valence-corrected chi connectivity index (χ0v) is 17.0. The summed E-state index contributed by atoms with van der Waals surface area (Å²) in [6.07, 6.45) is 2.30. The highest BCUT2D eigenvalue weighted by Gasteiger charge is 2.27. The Kier molecular flexibility index (Phi) is 5.49. The van der Waals surface area contributed by atoms with Crippen molar-refractivity contribution in [3.05, 3.63) is 23.0 Å². The van der Waals surface area contributed by atoms with Gasteiger partial charge in [-0.1, -0.05) is 11.6 Å². The Morgan fingerprint density at radius 1 is 1.39 bits per heavy atom. The molecule has 2 aromatic rings. The smallest absolute Gasteiger partial charge is 0.415 e. The first kappa shape index (κ1) is 20.3. The molecule has 0 saturated heterocycles. The predicted octanol–water partition coefficient (Wildman–Crippen LogP) is 2.40. The van der Waals surface area contributed by atoms with Crippen LogP contribution in [0.15, 0.2) is 12.3 Å². The van der Waals surface area contributed by atoms with Gasteiger partial charge in [0.2, 0.25) is 0 Å². The van der Waals surface area contributed by atoms with Gasteiger partial charge in [-0.15, -0.1) is 0 Å². The lowest BCUT2D eigenvalue weighted by Gasteiger charge is -2.24. The Morgan fingerprint density at radius 2 is 2.11 bits per heavy atom. The molecule has 2 N–H and O–H groups in total. The van der Waals surface area contributed by atoms with E-state index in [0.29, 0.717) is 25.1 Å². The van der Waals surface area contributed by atoms with Crippen molar-refractivity contribution in [3.63, 3.8) is 0 Å². The van der Waals surface area contributed by atoms with Crippen LogP contribution in [-0.4, -0.2) is 56.5 Å². The lowest BCUT2D eigenvalue weighted by molar-refractivity contribution is 0.0587. The Labute approximate surface area is 167 Å². The molecule has 10 heteroatoms. The molecular weight excluding hydrogens is 386 g/mol. The summed E-state index contributed by atoms with van der Waals surface area (Å²) < 4.78 is 6.74. The number of hydrogen-bond acceptors (Lipinski definition) is 6. The highest BCUT2D eigenvalue weighted by atomic mass is 35.5. The number of fused-ring (bicyclic) bond motifs is 1. The van der Waals surface area contributed by atoms with Gasteiger partial charge in [-0.2, -0.15) is 9.61 Å². The van der Waals surface area contributed by atoms with Crippen molar-refractivity contribution in [1.29, 1.82) is 0 Å². The van der Waals surface area contributed by atoms with Gasteiger partial charge in [-0.3, -0.25) is 9.69 Å². The number of ether oxygens (including phenoxy) is 1. The first-order valence-corrected chi connectivity index (χ1v) is 9.43. The van der Waals surface area contributed by atoms with E-state index in [-0.39, 0.29) is 28.3 Å². The van der Waals surface area contributed by atoms with Crippen LogP contribution in [0.1, 0.15) is 50.4 Å². The summed E-state index contributed by atoms with van der Waals surface area (Å²) in [6, 6.07) is 1.38. The molecule has 0 bridgehead atoms. The second kappa shape index (κ2) is 7.56. The Morgan fingerprint density at radius 3 is 2.71 bits per heavy atom. The maximum atomic E-state index is 12.7. The third-order valence-corrected chi connectivity index (χ3v) is 4.61. The number of hydrogen-bond donors (Lipinski definition) is 2. The zero-order chi connectivity index (χ0) is 20.6. The van der Waals surface area contributed by atoms with Gasteiger partial charge in [0.05, 0.1) is 12.3 Å². The van der Waals surface area contributed by atoms with E-state index in [0.717, 1.165) is 0 Å². The van der Waals surface area contributed by atoms with Gasteiger partial charge >= 0.3 is 6.09 Å². The van der Waals surface area contributed by atoms with E-state index in [2.05, 4.69) is 15.4 Å². The minimum absolute atomic E-state index is 0.0967. The normalized spacial score (nSPS) is 19.6. The third kappa shape index (κ3) is 4.36. The molecule has 1 aliphatic carbocycles. The van der Waals surface area contributed by atoms with Crippen LogP contribution in [-0.2, 0) is 4.74 Å². The highest BCUT2D eigenvalue weighted by Crippen LogP contribution is 2.24. The molecule has 0 aliphatic heterocycles. The number of carbonyl (C=O) groups excluding carboxylic acids is 2. The number of nitrogens with one attached hydrogen (secondary N) is 1. The number of halogens is 1. The van der Waals surface area contributed by atoms with Crippen LogP contribution in [0, 0.1) is 0 Å². The Balaban J connectivity index is 1.90. The quantitative estimate of drug-likeness (QED) is 0.753. The predicted molar refractivity (Wildman–Crippen MR) is 104 cm³/mol. The molecule has 9 nitrogen and oxygen atoms in total. The standard InChI is InChI=1S/C18H24ClN5O4/c1-18(2,3)28-17(27)23(4)14-8-13(19)22-15-12(9-20-24(14)15)16(26)21-10-5-6-11(25)7-10/h8-11,25H,5-7H2,1-4H3,(H,21,26). The molecule has 1 saturated carbocycles. The number of aromatic nitrogens is 3. The number of rotatable bonds is 3. The van der Waals surface area contributed by atoms with Crippen molar-refractivity contribution < 1.29 is 19.4 Å². The van der Waals surface area contributed by atoms with Crippen LogP contribution < -0.4 is 10.2 Å². The summed E-state index contributed by atoms with van der Waals surface area (Å²) in [4.78, 5) is 30.5. The van der Waals surface area contributed by atoms with E-state index in [4.69, 9.17) is 16.3 Å². The zero-order valence-electron chi connectivity index (χ0n) is 16.3. The van der Waals surface area contributed by atoms with Crippen molar-refractivity contribution in [1.82, 2.24) is 19.9 Å². The summed E-state index contributed by atoms with van der Waals surface area (Å²) in [5, 5.41) is 16.8. The molecule has 0 aromatic carbocycles. The van der Waals surface area contributed by atoms with Gasteiger partial charge in [0, 0.05) is 19.2 Å². The van der Waals surface area contributed by atoms with Gasteiger partial charge in [-0.25, -0.2) is 9.78 Å². The van der Waals surface area contributed by atoms with Crippen LogP contribution in [0.25, 0.3) is 5.65 Å². The molecule has 2 unspecified atom stereocenters. The topological polar surface area (TPSA) is 109 Å². The largest absolute Gasteiger partial charge is 0.443 e. The maximum Gasteiger partial charge on any atom is 0.415 e. The summed E-state index contributed by atoms with van der Waals surface area (Å²) in [6.45, 7) is 5.30. The van der Waals surface area contributed by atoms with Gasteiger partial charge < -0.3 is 15.2 Å². The number of anilines is 1. The summed E-state index contributed by atoms with van der Waals surface area (Å²) >= 11 is 6.13. The van der Waals surface area contributed by atoms with Crippen molar-refractivity contribution in [2.24, 2.45) is 0 Å². The van der Waals surface area contributed by atoms with E-state index in [1.54, 1.807) is 20.8 Å². The van der Waals surface area contributed by atoms with Crippen molar-refractivity contribution >= 4 is 35.1 Å². The van der Waals surface area contributed by atoms with Crippen LogP contribution in [0.3, 0.4) is 0 Å². The Bertz CT molecular complexity index is 907. The molecule has 0 radical (unpaired) electrons. The number of nitrogens with zero attached hydrogens (tertiary/aromatic N) is 4. The number of aliphatic hydroxyl groups excluding tert-OH is 1. The first-order chi connectivity index (χ1) is 13.0. The first-order valence-electron chi connectivity index (χ1n) is 9.05. The average molecular weight is 410 g/mol. The van der Waals surface area contributed by atoms with Crippen LogP contribution in [0.5, 0.6) is 0 Å². The fraction of sp³-hybridized carbons (Fsp3) is 0.556. The number of amides is 2. The minimum atomic E-state index is -0.664. The van der Waals surface area contributed by atoms with Gasteiger partial charge in [0.15, 0.2) is 5.65 Å². The molecule has 2 atom stereocenters. The molecule has 28 heavy (non-hydrogen) atoms. The van der Waals surface area contributed by atoms with Crippen LogP contribution in [0.4, 0.5) is 10.6 Å². The molecule has 1 aliphatic rings. The number of carbonyl (C=O) groups is 2. The van der Waals surface area contributed by atoms with E-state index in [9.17, 15) is 14.7 Å². The second-order valence-electron chi connectivity index (χ2n) is 7.91. The summed E-state index contributed by atoms with van der Waals surface area (Å²) in [5.74, 6) is -0.0330. The fourth-order valence-electron chi connectivity index (χ4n) is 3.09. The monoisotopic (exact) mass is 409 g/mol. The van der Waals surface area contributed by atoms with Crippen LogP contribution in [0.2, 0.25) is 5.15 Å². The molecule has 2 aromatic heterocycles. The van der Waals surface area contributed by atoms with Gasteiger partial charge in [0.25, 0.3) is 5.91 Å². The van der Waals surface area contributed by atoms with E-state index >= 15 is 0 Å². The third-order valence-electron chi connectivity index (χ3n) is 4.42. The molecule has 0 spiro atoms. The highest BCUT2D eigenvalue weighted by molar-refractivity contribution is 6.30. The molecular formula is C18H24ClN5O4. The van der Waals surface area contributed by atoms with Crippen molar-refractivity contribution in [3.8, 4) is 0 Å². The van der Waals surface area contributed by atoms with Gasteiger partial charge in [-0.05, 0) is 40.0 Å². The summed E-state index contributed by atoms with van der Waals surface area (Å²) in [5.41, 5.74) is -0.195. The van der Waals surface area contributed by atoms with E-state index < -0.39 is 17.8 Å². The van der Waals surface area contributed by atoms with E-state index in [1.165, 1.54) is 28.7 Å². The molecule has 2 heterocycles. The lowest BCUT2D eigenvalue weighted by atomic mass is 10.2. The molecule has 3 rings (SSSR count). The molecule has 152 valence electrons. The molecule has 2 amide bonds. The Hall–Kier alpha value is -2.39. The van der Waals surface area contributed by atoms with E-state index in [1.807, 2.05) is 0 Å². The fourth-order valence-corrected chi connectivity index (χ4v) is 3.27. The lowest BCUT2D eigenvalue weighted by Crippen LogP contribution is -2.35. The molecule has 1 fully saturated rings. The van der Waals surface area contributed by atoms with Crippen molar-refractivity contribution in [2.75, 3.05) is 11.9 Å². The van der Waals surface area contributed by atoms with Crippen LogP contribution >= 0.6 is 11.6 Å². The maximum absolute atomic E-state index is 12.7. The minimum Gasteiger partial charge on any atom is -0.443 e.